The molecular weight excluding hydrogens is 320 g/mol. The fourth-order valence-corrected chi connectivity index (χ4v) is 4.95. The quantitative estimate of drug-likeness (QED) is 0.904. The van der Waals surface area contributed by atoms with Gasteiger partial charge >= 0.3 is 0 Å². The highest BCUT2D eigenvalue weighted by Crippen LogP contribution is 2.43. The van der Waals surface area contributed by atoms with E-state index in [9.17, 15) is 9.59 Å². The van der Waals surface area contributed by atoms with Crippen LogP contribution in [0.2, 0.25) is 0 Å². The van der Waals surface area contributed by atoms with Crippen LogP contribution in [0.25, 0.3) is 0 Å². The summed E-state index contributed by atoms with van der Waals surface area (Å²) in [6, 6.07) is 1.78. The van der Waals surface area contributed by atoms with Gasteiger partial charge < -0.3 is 19.4 Å². The first-order valence-electron chi connectivity index (χ1n) is 9.22. The van der Waals surface area contributed by atoms with E-state index >= 15 is 0 Å². The van der Waals surface area contributed by atoms with Crippen molar-refractivity contribution in [1.29, 1.82) is 0 Å². The van der Waals surface area contributed by atoms with Crippen molar-refractivity contribution >= 4 is 5.91 Å². The zero-order valence-corrected chi connectivity index (χ0v) is 15.0. The molecule has 0 bridgehead atoms. The number of aromatic nitrogens is 1. The third-order valence-electron chi connectivity index (χ3n) is 6.45. The lowest BCUT2D eigenvalue weighted by Gasteiger charge is -2.43. The average Bonchev–Trinajstić information content (AvgIpc) is 3.23. The van der Waals surface area contributed by atoms with Crippen molar-refractivity contribution < 1.29 is 14.3 Å². The van der Waals surface area contributed by atoms with Gasteiger partial charge in [-0.2, -0.15) is 0 Å². The summed E-state index contributed by atoms with van der Waals surface area (Å²) in [4.78, 5) is 30.4. The van der Waals surface area contributed by atoms with Gasteiger partial charge in [0.15, 0.2) is 0 Å². The molecule has 0 aromatic carbocycles. The van der Waals surface area contributed by atoms with Crippen LogP contribution >= 0.6 is 0 Å². The lowest BCUT2D eigenvalue weighted by atomic mass is 9.79. The van der Waals surface area contributed by atoms with Gasteiger partial charge in [-0.1, -0.05) is 0 Å². The van der Waals surface area contributed by atoms with Gasteiger partial charge in [-0.05, 0) is 56.6 Å². The van der Waals surface area contributed by atoms with Crippen molar-refractivity contribution in [3.63, 3.8) is 0 Å². The molecule has 1 aromatic rings. The molecule has 25 heavy (non-hydrogen) atoms. The Kier molecular flexibility index (Phi) is 4.20. The number of H-pyrrole nitrogens is 1. The monoisotopic (exact) mass is 346 g/mol. The number of amides is 1. The lowest BCUT2D eigenvalue weighted by Crippen LogP contribution is -2.53. The molecule has 1 saturated carbocycles. The maximum Gasteiger partial charge on any atom is 0.261 e. The number of likely N-dealkylation sites (tertiary alicyclic amines) is 1. The molecule has 3 aliphatic rings. The molecule has 2 unspecified atom stereocenters. The molecule has 0 spiro atoms. The standard InChI is InChI=1S/C19H26N2O4/c1-24-13-6-7-19(25-2)8-9-21(16(19)11-13)18(23)14-10-12-4-3-5-15(12)20-17(14)22/h10,13,16H,3-9,11H2,1-2H3,(H,20,22)/t13?,16?,19-/m1/s1. The van der Waals surface area contributed by atoms with E-state index in [1.165, 1.54) is 0 Å². The van der Waals surface area contributed by atoms with Crippen LogP contribution in [0.4, 0.5) is 0 Å². The Bertz CT molecular complexity index is 743. The van der Waals surface area contributed by atoms with E-state index in [1.807, 2.05) is 11.0 Å². The molecular formula is C19H26N2O4. The third kappa shape index (κ3) is 2.62. The summed E-state index contributed by atoms with van der Waals surface area (Å²) in [6.07, 6.45) is 6.42. The smallest absolute Gasteiger partial charge is 0.261 e. The van der Waals surface area contributed by atoms with Crippen molar-refractivity contribution in [2.75, 3.05) is 20.8 Å². The first-order valence-corrected chi connectivity index (χ1v) is 9.22. The van der Waals surface area contributed by atoms with Gasteiger partial charge in [0.1, 0.15) is 5.56 Å². The van der Waals surface area contributed by atoms with Crippen LogP contribution in [0, 0.1) is 0 Å². The van der Waals surface area contributed by atoms with Gasteiger partial charge in [-0.25, -0.2) is 0 Å². The predicted molar refractivity (Wildman–Crippen MR) is 92.9 cm³/mol. The van der Waals surface area contributed by atoms with E-state index < -0.39 is 0 Å². The Labute approximate surface area is 147 Å². The maximum atomic E-state index is 13.2. The summed E-state index contributed by atoms with van der Waals surface area (Å²) in [5.41, 5.74) is 1.81. The lowest BCUT2D eigenvalue weighted by molar-refractivity contribution is -0.0893. The van der Waals surface area contributed by atoms with Crippen molar-refractivity contribution in [2.45, 2.75) is 62.7 Å². The number of ether oxygens (including phenoxy) is 2. The minimum atomic E-state index is -0.297. The zero-order valence-electron chi connectivity index (χ0n) is 15.0. The van der Waals surface area contributed by atoms with Gasteiger partial charge in [-0.3, -0.25) is 9.59 Å². The Morgan fingerprint density at radius 3 is 2.92 bits per heavy atom. The van der Waals surface area contributed by atoms with E-state index in [-0.39, 0.29) is 34.8 Å². The summed E-state index contributed by atoms with van der Waals surface area (Å²) in [5.74, 6) is -0.170. The molecule has 1 amide bonds. The number of methoxy groups -OCH3 is 2. The van der Waals surface area contributed by atoms with Gasteiger partial charge in [0.25, 0.3) is 11.5 Å². The first kappa shape index (κ1) is 16.8. The Balaban J connectivity index is 1.65. The van der Waals surface area contributed by atoms with Gasteiger partial charge in [0.05, 0.1) is 17.7 Å². The van der Waals surface area contributed by atoms with E-state index in [0.29, 0.717) is 6.54 Å². The Morgan fingerprint density at radius 2 is 2.16 bits per heavy atom. The van der Waals surface area contributed by atoms with Crippen LogP contribution in [0.15, 0.2) is 10.9 Å². The molecule has 6 nitrogen and oxygen atoms in total. The fraction of sp³-hybridized carbons (Fsp3) is 0.684. The summed E-state index contributed by atoms with van der Waals surface area (Å²) in [7, 11) is 3.45. The highest BCUT2D eigenvalue weighted by Gasteiger charge is 2.52. The second-order valence-electron chi connectivity index (χ2n) is 7.53. The first-order chi connectivity index (χ1) is 12.1. The van der Waals surface area contributed by atoms with Crippen LogP contribution in [0.3, 0.4) is 0 Å². The average molecular weight is 346 g/mol. The number of aryl methyl sites for hydroxylation is 2. The fourth-order valence-electron chi connectivity index (χ4n) is 4.95. The van der Waals surface area contributed by atoms with E-state index in [0.717, 1.165) is 56.2 Å². The third-order valence-corrected chi connectivity index (χ3v) is 6.45. The number of fused-ring (bicyclic) bond motifs is 2. The summed E-state index contributed by atoms with van der Waals surface area (Å²) < 4.78 is 11.4. The van der Waals surface area contributed by atoms with Crippen molar-refractivity contribution in [2.24, 2.45) is 0 Å². The van der Waals surface area contributed by atoms with Crippen LogP contribution in [0.5, 0.6) is 0 Å². The van der Waals surface area contributed by atoms with Crippen LogP contribution in [-0.4, -0.2) is 54.3 Å². The number of nitrogens with zero attached hydrogens (tertiary/aromatic N) is 1. The highest BCUT2D eigenvalue weighted by molar-refractivity contribution is 5.94. The second-order valence-corrected chi connectivity index (χ2v) is 7.53. The van der Waals surface area contributed by atoms with Crippen LogP contribution in [-0.2, 0) is 22.3 Å². The molecule has 2 aliphatic carbocycles. The molecule has 2 heterocycles. The van der Waals surface area contributed by atoms with Crippen LogP contribution < -0.4 is 5.56 Å². The summed E-state index contributed by atoms with van der Waals surface area (Å²) in [5, 5.41) is 0. The van der Waals surface area contributed by atoms with Gasteiger partial charge in [0, 0.05) is 26.5 Å². The van der Waals surface area contributed by atoms with Crippen LogP contribution in [0.1, 0.15) is 53.7 Å². The topological polar surface area (TPSA) is 71.6 Å². The molecule has 0 radical (unpaired) electrons. The largest absolute Gasteiger partial charge is 0.381 e. The zero-order chi connectivity index (χ0) is 17.6. The number of rotatable bonds is 3. The molecule has 1 aliphatic heterocycles. The van der Waals surface area contributed by atoms with Gasteiger partial charge in [0.2, 0.25) is 0 Å². The van der Waals surface area contributed by atoms with E-state index in [1.54, 1.807) is 14.2 Å². The number of carbonyl (C=O) groups excluding carboxylic acids is 1. The molecule has 1 aromatic heterocycles. The second kappa shape index (κ2) is 6.25. The Hall–Kier alpha value is -1.66. The molecule has 1 saturated heterocycles. The number of aromatic amines is 1. The molecule has 4 rings (SSSR count). The number of carbonyl (C=O) groups is 1. The molecule has 136 valence electrons. The van der Waals surface area contributed by atoms with Crippen molar-refractivity contribution in [3.8, 4) is 0 Å². The van der Waals surface area contributed by atoms with Crippen molar-refractivity contribution in [3.05, 3.63) is 33.2 Å². The van der Waals surface area contributed by atoms with Gasteiger partial charge in [-0.15, -0.1) is 0 Å². The molecule has 1 N–H and O–H groups in total. The highest BCUT2D eigenvalue weighted by atomic mass is 16.5. The SMILES string of the molecule is COC1CC[C@@]2(OC)CCN(C(=O)c3cc4c([nH]c3=O)CCC4)C2C1. The maximum absolute atomic E-state index is 13.2. The minimum absolute atomic E-state index is 0.0312. The van der Waals surface area contributed by atoms with E-state index in [4.69, 9.17) is 9.47 Å². The molecule has 3 atom stereocenters. The number of nitrogens with one attached hydrogen (secondary N) is 1. The Morgan fingerprint density at radius 1 is 1.32 bits per heavy atom. The summed E-state index contributed by atoms with van der Waals surface area (Å²) >= 11 is 0. The minimum Gasteiger partial charge on any atom is -0.381 e. The molecule has 2 fully saturated rings. The normalized spacial score (nSPS) is 31.0. The molecule has 6 heteroatoms. The van der Waals surface area contributed by atoms with Crippen molar-refractivity contribution in [1.82, 2.24) is 9.88 Å². The van der Waals surface area contributed by atoms with E-state index in [2.05, 4.69) is 4.98 Å². The predicted octanol–water partition coefficient (Wildman–Crippen LogP) is 1.66. The number of hydrogen-bond acceptors (Lipinski definition) is 4. The summed E-state index contributed by atoms with van der Waals surface area (Å²) in [6.45, 7) is 0.629. The number of hydrogen-bond donors (Lipinski definition) is 1. The number of pyridine rings is 1.